The van der Waals surface area contributed by atoms with E-state index < -0.39 is 42.6 Å². The number of benzene rings is 6. The largest absolute Gasteiger partial charge is 0.143 e. The zero-order chi connectivity index (χ0) is 105. The van der Waals surface area contributed by atoms with Gasteiger partial charge in [0.15, 0.2) is 0 Å². The van der Waals surface area contributed by atoms with Gasteiger partial charge in [-0.3, -0.25) is 0 Å². The van der Waals surface area contributed by atoms with Gasteiger partial charge < -0.3 is 28.7 Å². The van der Waals surface area contributed by atoms with Gasteiger partial charge in [-0.25, -0.2) is 0 Å². The molecule has 0 aliphatic carbocycles. The third kappa shape index (κ3) is 34.4. The predicted molar refractivity (Wildman–Crippen MR) is 684 cm³/mol. The standard InChI is InChI=1S/C50H67NO2S2Si.C30H38BrNO2.C20H30S2Si.C20H29S2Si.3C4H9.Sn/c1-5-9-13-17-34-52-44-29-25-42(26-30-44)51(43-27-31-45(32-28-43)53-35-18-14-10-6-2)41-23-21-40(22-24-41)46-39-48-50(55-46)49-47(33-36-54-49)56(48,37-19-15-11-7-3)38-20-16-12-8-4;1-3-5-7-9-23-33-29-19-15-27(16-20-29)32(26-13-11-25(31)12-14-26)28-17-21-30(22-18-28)34-24-10-8-6-4-2;2*1-3-5-7-9-15-23(16-10-8-6-4-2)17-11-13-21-19(17)20-18(23)12-14-22-20;3*1-3-4-2;/h21-33,36,39H,5-20,34-35,37-38H2,1-4H3;11-22H,3-10,23-24H2,1-2H3;11-14H,3-10,15-16H2,1-2H3;11-13H,3-10,15-16H2,1-2H3;3*1,3-4H2,2H3;. The van der Waals surface area contributed by atoms with E-state index >= 15 is 0 Å². The van der Waals surface area contributed by atoms with Crippen molar-refractivity contribution in [3.63, 3.8) is 0 Å². The van der Waals surface area contributed by atoms with E-state index in [0.717, 1.165) is 114 Å². The first-order valence-corrected chi connectivity index (χ1v) is 80.9. The molecule has 12 aromatic rings. The molecule has 0 saturated carbocycles. The molecule has 0 atom stereocenters. The van der Waals surface area contributed by atoms with E-state index in [4.69, 9.17) is 18.9 Å². The molecule has 6 nitrogen and oxygen atoms in total. The number of anilines is 6. The zero-order valence-electron chi connectivity index (χ0n) is 94.7. The SMILES string of the molecule is CCCCCCOc1ccc(N(c2ccc(Br)cc2)c2ccc(OCCCCCC)cc2)cc1.CCCCCCOc1ccc(N(c2ccc(OCCCCCC)cc2)c2ccc(-c3cc4c(s3)-c3sccc3[Si]4(CCCCCC)CCCCCC)cc2)cc1.CCCCCC[Si]1(CCCCCC)c2ccsc2-c2s[c]([Sn]([CH2]CCC)([CH2]CCC)[CH2]CCC)cc21.CCCCCC[Si]1(CCCCCC)c2ccsc2-c2sccc21. The first kappa shape index (κ1) is 122. The Morgan fingerprint density at radius 1 is 0.228 bits per heavy atom. The number of halogens is 1. The molecule has 0 spiro atoms. The van der Waals surface area contributed by atoms with Gasteiger partial charge in [-0.1, -0.05) is 281 Å². The number of thiophene rings is 6. The average Bonchev–Trinajstić information content (AvgIpc) is 1.57. The molecule has 149 heavy (non-hydrogen) atoms. The van der Waals surface area contributed by atoms with Crippen molar-refractivity contribution in [2.75, 3.05) is 36.2 Å². The molecule has 812 valence electrons. The second-order valence-electron chi connectivity index (χ2n) is 43.4. The number of fused-ring (bicyclic) bond motifs is 9. The molecule has 0 saturated heterocycles. The van der Waals surface area contributed by atoms with Crippen molar-refractivity contribution in [3.8, 4) is 62.7 Å². The van der Waals surface area contributed by atoms with Gasteiger partial charge in [0.2, 0.25) is 0 Å². The van der Waals surface area contributed by atoms with Crippen LogP contribution in [0.1, 0.15) is 385 Å². The number of rotatable bonds is 71. The molecule has 6 aromatic heterocycles. The molecule has 0 amide bonds. The van der Waals surface area contributed by atoms with Gasteiger partial charge in [0, 0.05) is 63.0 Å². The van der Waals surface area contributed by atoms with Crippen LogP contribution in [0, 0.1) is 0 Å². The molecule has 0 radical (unpaired) electrons. The molecular formula is C132H191BrN2O4S6Si3Sn. The van der Waals surface area contributed by atoms with Crippen molar-refractivity contribution in [2.24, 2.45) is 0 Å². The Kier molecular flexibility index (Phi) is 55.1. The summed E-state index contributed by atoms with van der Waals surface area (Å²) in [5.74, 6) is 3.70. The molecule has 0 bridgehead atoms. The van der Waals surface area contributed by atoms with Crippen molar-refractivity contribution in [1.29, 1.82) is 0 Å². The van der Waals surface area contributed by atoms with Crippen LogP contribution in [0.3, 0.4) is 0 Å². The van der Waals surface area contributed by atoms with Gasteiger partial charge in [0.05, 0.1) is 26.4 Å². The van der Waals surface area contributed by atoms with Gasteiger partial charge in [-0.05, 0) is 232 Å². The molecule has 0 unspecified atom stereocenters. The van der Waals surface area contributed by atoms with E-state index in [2.05, 4.69) is 342 Å². The van der Waals surface area contributed by atoms with Crippen molar-refractivity contribution < 1.29 is 18.9 Å². The number of nitrogens with zero attached hydrogens (tertiary/aromatic N) is 2. The van der Waals surface area contributed by atoms with E-state index in [1.54, 1.807) is 63.3 Å². The Bertz CT molecular complexity index is 5410. The van der Waals surface area contributed by atoms with Crippen molar-refractivity contribution in [1.82, 2.24) is 0 Å². The Morgan fingerprint density at radius 3 is 0.725 bits per heavy atom. The summed E-state index contributed by atoms with van der Waals surface area (Å²) in [7, 11) is -4.86. The summed E-state index contributed by atoms with van der Waals surface area (Å²) in [4.78, 5) is 16.0. The fourth-order valence-corrected chi connectivity index (χ4v) is 70.6. The van der Waals surface area contributed by atoms with Crippen LogP contribution in [-0.4, -0.2) is 69.0 Å². The maximum Gasteiger partial charge on any atom is 0.122 e. The summed E-state index contributed by atoms with van der Waals surface area (Å²) in [6.07, 6.45) is 61.3. The summed E-state index contributed by atoms with van der Waals surface area (Å²) in [5, 5.41) is 20.5. The number of hydrogen-bond acceptors (Lipinski definition) is 12. The molecule has 0 N–H and O–H groups in total. The van der Waals surface area contributed by atoms with Crippen LogP contribution in [-0.2, 0) is 0 Å². The molecule has 0 fully saturated rings. The van der Waals surface area contributed by atoms with Crippen molar-refractivity contribution >= 4 is 195 Å². The van der Waals surface area contributed by atoms with Gasteiger partial charge >= 0.3 is 240 Å². The maximum absolute atomic E-state index is 6.13. The van der Waals surface area contributed by atoms with Crippen LogP contribution in [0.25, 0.3) is 39.7 Å². The minimum atomic E-state index is -2.39. The smallest absolute Gasteiger partial charge is 0.122 e. The monoisotopic (exact) mass is 2340 g/mol. The first-order chi connectivity index (χ1) is 73.3. The second-order valence-corrected chi connectivity index (χ2v) is 76.9. The van der Waals surface area contributed by atoms with E-state index in [9.17, 15) is 0 Å². The van der Waals surface area contributed by atoms with Crippen LogP contribution in [0.2, 0.25) is 49.6 Å². The Morgan fingerprint density at radius 2 is 0.456 bits per heavy atom. The molecular weight excluding hydrogens is 2150 g/mol. The summed E-state index contributed by atoms with van der Waals surface area (Å²) in [5.41, 5.74) is 7.99. The summed E-state index contributed by atoms with van der Waals surface area (Å²) >= 11 is 13.6. The van der Waals surface area contributed by atoms with Gasteiger partial charge in [0.25, 0.3) is 0 Å². The van der Waals surface area contributed by atoms with Gasteiger partial charge in [-0.15, -0.1) is 45.3 Å². The second kappa shape index (κ2) is 67.4. The van der Waals surface area contributed by atoms with Gasteiger partial charge in [-0.2, -0.15) is 0 Å². The number of ether oxygens (including phenoxy) is 4. The predicted octanol–water partition coefficient (Wildman–Crippen LogP) is 42.5. The van der Waals surface area contributed by atoms with Crippen LogP contribution < -0.4 is 62.8 Å². The fraction of sp³-hybridized carbons (Fsp3) is 0.545. The molecule has 9 heterocycles. The van der Waals surface area contributed by atoms with Crippen molar-refractivity contribution in [3.05, 3.63) is 208 Å². The first-order valence-electron chi connectivity index (χ1n) is 60.3. The van der Waals surface area contributed by atoms with Crippen molar-refractivity contribution in [2.45, 2.75) is 435 Å². The summed E-state index contributed by atoms with van der Waals surface area (Å²) in [6, 6.07) is 76.3. The number of hydrogen-bond donors (Lipinski definition) is 0. The van der Waals surface area contributed by atoms with Crippen LogP contribution >= 0.6 is 84.0 Å². The van der Waals surface area contributed by atoms with E-state index in [1.165, 1.54) is 316 Å². The average molecular weight is 2350 g/mol. The van der Waals surface area contributed by atoms with Crippen LogP contribution in [0.5, 0.6) is 23.0 Å². The fourth-order valence-electron chi connectivity index (χ4n) is 23.4. The third-order valence-corrected chi connectivity index (χ3v) is 74.3. The quantitative estimate of drug-likeness (QED) is 0.0280. The maximum atomic E-state index is 6.13. The van der Waals surface area contributed by atoms with Crippen LogP contribution in [0.4, 0.5) is 34.1 Å². The zero-order valence-corrected chi connectivity index (χ0v) is 107. The molecule has 15 rings (SSSR count). The van der Waals surface area contributed by atoms with E-state index in [-0.39, 0.29) is 0 Å². The Hall–Kier alpha value is -5.75. The minimum Gasteiger partial charge on any atom is -0.143 e. The van der Waals surface area contributed by atoms with Crippen LogP contribution in [0.15, 0.2) is 208 Å². The topological polar surface area (TPSA) is 43.4 Å². The molecule has 3 aliphatic rings. The van der Waals surface area contributed by atoms with E-state index in [1.807, 2.05) is 58.6 Å². The van der Waals surface area contributed by atoms with E-state index in [0.29, 0.717) is 0 Å². The summed E-state index contributed by atoms with van der Waals surface area (Å²) < 4.78 is 32.1. The Labute approximate surface area is 946 Å². The van der Waals surface area contributed by atoms with Gasteiger partial charge in [0.1, 0.15) is 39.1 Å². The normalized spacial score (nSPS) is 13.0. The summed E-state index contributed by atoms with van der Waals surface area (Å²) in [6.45, 7) is 33.4. The minimum absolute atomic E-state index is 0.770. The Balaban J connectivity index is 0.000000185. The molecule has 17 heteroatoms. The third-order valence-electron chi connectivity index (χ3n) is 32.1. The molecule has 6 aromatic carbocycles. The number of unbranched alkanes of at least 4 members (excludes halogenated alkanes) is 33. The molecule has 3 aliphatic heterocycles.